The second kappa shape index (κ2) is 10.2. The molecule has 0 aliphatic carbocycles. The van der Waals surface area contributed by atoms with Crippen LogP contribution < -0.4 is 11.0 Å². The van der Waals surface area contributed by atoms with Crippen LogP contribution in [0.1, 0.15) is 50.3 Å². The Bertz CT molecular complexity index is 763. The molecule has 0 amide bonds. The molecule has 0 spiro atoms. The zero-order chi connectivity index (χ0) is 17.9. The average Bonchev–Trinajstić information content (AvgIpc) is 2.58. The van der Waals surface area contributed by atoms with Gasteiger partial charge in [0.25, 0.3) is 5.56 Å². The molecule has 25 heavy (non-hydrogen) atoms. The summed E-state index contributed by atoms with van der Waals surface area (Å²) in [6.07, 6.45) is 9.75. The van der Waals surface area contributed by atoms with Crippen molar-refractivity contribution in [2.75, 3.05) is 5.43 Å². The number of hydrazone groups is 1. The zero-order valence-corrected chi connectivity index (χ0v) is 15.0. The van der Waals surface area contributed by atoms with Crippen molar-refractivity contribution in [2.24, 2.45) is 5.10 Å². The summed E-state index contributed by atoms with van der Waals surface area (Å²) in [6.45, 7) is 3.99. The second-order valence-electron chi connectivity index (χ2n) is 6.05. The number of rotatable bonds is 9. The van der Waals surface area contributed by atoms with Crippen molar-refractivity contribution in [3.8, 4) is 0 Å². The third kappa shape index (κ3) is 7.16. The Morgan fingerprint density at radius 1 is 1.24 bits per heavy atom. The first-order chi connectivity index (χ1) is 12.2. The normalized spacial score (nSPS) is 11.8. The van der Waals surface area contributed by atoms with Gasteiger partial charge >= 0.3 is 0 Å². The first-order valence-corrected chi connectivity index (χ1v) is 8.80. The van der Waals surface area contributed by atoms with Crippen molar-refractivity contribution in [1.82, 2.24) is 9.97 Å². The van der Waals surface area contributed by atoms with Gasteiger partial charge in [-0.25, -0.2) is 10.4 Å². The molecule has 5 nitrogen and oxygen atoms in total. The Kier molecular flexibility index (Phi) is 7.63. The van der Waals surface area contributed by atoms with E-state index in [9.17, 15) is 4.79 Å². The van der Waals surface area contributed by atoms with E-state index in [-0.39, 0.29) is 5.56 Å². The van der Waals surface area contributed by atoms with Gasteiger partial charge in [-0.2, -0.15) is 5.10 Å². The molecule has 0 aliphatic rings. The highest BCUT2D eigenvalue weighted by Gasteiger charge is 1.98. The first kappa shape index (κ1) is 18.6. The van der Waals surface area contributed by atoms with Crippen molar-refractivity contribution in [3.63, 3.8) is 0 Å². The molecule has 0 radical (unpaired) electrons. The minimum absolute atomic E-state index is 0.190. The Labute approximate surface area is 148 Å². The first-order valence-electron chi connectivity index (χ1n) is 8.80. The van der Waals surface area contributed by atoms with Gasteiger partial charge in [0.1, 0.15) is 0 Å². The van der Waals surface area contributed by atoms with Crippen molar-refractivity contribution in [3.05, 3.63) is 63.6 Å². The van der Waals surface area contributed by atoms with Gasteiger partial charge in [-0.3, -0.25) is 9.78 Å². The fraction of sp³-hybridized carbons (Fsp3) is 0.350. The van der Waals surface area contributed by atoms with Crippen LogP contribution in [0.15, 0.2) is 51.9 Å². The lowest BCUT2D eigenvalue weighted by Gasteiger charge is -2.04. The van der Waals surface area contributed by atoms with E-state index in [4.69, 9.17) is 0 Å². The molecule has 1 heterocycles. The van der Waals surface area contributed by atoms with Crippen LogP contribution >= 0.6 is 0 Å². The maximum Gasteiger partial charge on any atom is 0.252 e. The summed E-state index contributed by atoms with van der Waals surface area (Å²) >= 11 is 0. The van der Waals surface area contributed by atoms with E-state index in [2.05, 4.69) is 45.6 Å². The summed E-state index contributed by atoms with van der Waals surface area (Å²) in [7, 11) is 0. The number of aromatic nitrogens is 2. The van der Waals surface area contributed by atoms with Crippen molar-refractivity contribution >= 4 is 18.2 Å². The van der Waals surface area contributed by atoms with Gasteiger partial charge < -0.3 is 0 Å². The van der Waals surface area contributed by atoms with Gasteiger partial charge in [-0.05, 0) is 30.9 Å². The fourth-order valence-corrected chi connectivity index (χ4v) is 2.50. The molecular weight excluding hydrogens is 312 g/mol. The maximum absolute atomic E-state index is 11.5. The molecule has 132 valence electrons. The number of allylic oxidation sites excluding steroid dienone is 1. The van der Waals surface area contributed by atoms with Crippen LogP contribution in [0.3, 0.4) is 0 Å². The van der Waals surface area contributed by atoms with E-state index in [0.717, 1.165) is 24.0 Å². The highest BCUT2D eigenvalue weighted by Crippen LogP contribution is 2.13. The van der Waals surface area contributed by atoms with Crippen LogP contribution in [-0.4, -0.2) is 16.2 Å². The summed E-state index contributed by atoms with van der Waals surface area (Å²) in [4.78, 5) is 18.3. The molecule has 0 bridgehead atoms. The number of nitrogens with zero attached hydrogens (tertiary/aromatic N) is 2. The second-order valence-corrected chi connectivity index (χ2v) is 6.05. The summed E-state index contributed by atoms with van der Waals surface area (Å²) in [6, 6.07) is 11.7. The van der Waals surface area contributed by atoms with Crippen LogP contribution in [0.2, 0.25) is 0 Å². The Morgan fingerprint density at radius 3 is 2.76 bits per heavy atom. The van der Waals surface area contributed by atoms with Crippen molar-refractivity contribution in [1.29, 1.82) is 0 Å². The molecule has 5 heteroatoms. The van der Waals surface area contributed by atoms with Crippen LogP contribution in [0.5, 0.6) is 0 Å². The molecule has 0 aliphatic heterocycles. The highest BCUT2D eigenvalue weighted by atomic mass is 16.1. The molecule has 0 unspecified atom stereocenters. The van der Waals surface area contributed by atoms with E-state index in [0.29, 0.717) is 11.6 Å². The number of hydrogen-bond donors (Lipinski definition) is 2. The molecule has 2 aromatic rings. The highest BCUT2D eigenvalue weighted by molar-refractivity contribution is 5.85. The number of aromatic amines is 1. The molecule has 2 rings (SSSR count). The summed E-state index contributed by atoms with van der Waals surface area (Å²) in [5.74, 6) is 0.353. The number of H-pyrrole nitrogens is 1. The molecule has 1 aromatic heterocycles. The minimum atomic E-state index is -0.190. The van der Waals surface area contributed by atoms with Crippen LogP contribution in [0, 0.1) is 6.92 Å². The van der Waals surface area contributed by atoms with Crippen molar-refractivity contribution < 1.29 is 0 Å². The summed E-state index contributed by atoms with van der Waals surface area (Å²) < 4.78 is 0. The lowest BCUT2D eigenvalue weighted by Crippen LogP contribution is -2.10. The van der Waals surface area contributed by atoms with Crippen molar-refractivity contribution in [2.45, 2.75) is 46.0 Å². The third-order valence-electron chi connectivity index (χ3n) is 3.74. The Morgan fingerprint density at radius 2 is 2.04 bits per heavy atom. The topological polar surface area (TPSA) is 70.1 Å². The van der Waals surface area contributed by atoms with Crippen LogP contribution in [-0.2, 0) is 0 Å². The number of hydrogen-bond acceptors (Lipinski definition) is 4. The zero-order valence-electron chi connectivity index (χ0n) is 15.0. The fourth-order valence-electron chi connectivity index (χ4n) is 2.50. The molecule has 0 saturated carbocycles. The number of anilines is 1. The van der Waals surface area contributed by atoms with Crippen LogP contribution in [0.25, 0.3) is 6.08 Å². The SMILES string of the molecule is CCCCCCC(/C=N\Nc1nc(C)cc(=O)[nH]1)=C/c1ccccc1. The Hall–Kier alpha value is -2.69. The predicted molar refractivity (Wildman–Crippen MR) is 105 cm³/mol. The molecule has 0 atom stereocenters. The quantitative estimate of drug-likeness (QED) is 0.401. The number of nitrogens with one attached hydrogen (secondary N) is 2. The van der Waals surface area contributed by atoms with Gasteiger partial charge in [-0.1, -0.05) is 62.6 Å². The molecule has 2 N–H and O–H groups in total. The van der Waals surface area contributed by atoms with Gasteiger partial charge in [-0.15, -0.1) is 0 Å². The van der Waals surface area contributed by atoms with Gasteiger partial charge in [0.05, 0.1) is 6.21 Å². The van der Waals surface area contributed by atoms with Crippen LogP contribution in [0.4, 0.5) is 5.95 Å². The van der Waals surface area contributed by atoms with Gasteiger partial charge in [0, 0.05) is 11.8 Å². The average molecular weight is 338 g/mol. The molecule has 1 aromatic carbocycles. The largest absolute Gasteiger partial charge is 0.291 e. The maximum atomic E-state index is 11.5. The predicted octanol–water partition coefficient (Wildman–Crippen LogP) is 4.53. The smallest absolute Gasteiger partial charge is 0.252 e. The van der Waals surface area contributed by atoms with E-state index in [1.54, 1.807) is 13.1 Å². The lowest BCUT2D eigenvalue weighted by atomic mass is 10.0. The third-order valence-corrected chi connectivity index (χ3v) is 3.74. The van der Waals surface area contributed by atoms with Gasteiger partial charge in [0.2, 0.25) is 5.95 Å². The van der Waals surface area contributed by atoms with E-state index < -0.39 is 0 Å². The summed E-state index contributed by atoms with van der Waals surface area (Å²) in [5, 5.41) is 4.24. The molecule has 0 saturated heterocycles. The van der Waals surface area contributed by atoms with E-state index >= 15 is 0 Å². The lowest BCUT2D eigenvalue weighted by molar-refractivity contribution is 0.671. The minimum Gasteiger partial charge on any atom is -0.291 e. The monoisotopic (exact) mass is 338 g/mol. The number of benzene rings is 1. The van der Waals surface area contributed by atoms with Gasteiger partial charge in [0.15, 0.2) is 0 Å². The number of aryl methyl sites for hydroxylation is 1. The summed E-state index contributed by atoms with van der Waals surface area (Å²) in [5.41, 5.74) is 5.57. The molecular formula is C20H26N4O. The standard InChI is InChI=1S/C20H26N4O/c1-3-4-5-7-12-18(14-17-10-8-6-9-11-17)15-21-24-20-22-16(2)13-19(25)23-20/h6,8-11,13-15H,3-5,7,12H2,1-2H3,(H2,22,23,24,25)/b18-14-,21-15-. The Balaban J connectivity index is 2.06. The molecule has 0 fully saturated rings. The van der Waals surface area contributed by atoms with E-state index in [1.807, 2.05) is 18.2 Å². The number of unbranched alkanes of at least 4 members (excludes halogenated alkanes) is 3. The van der Waals surface area contributed by atoms with E-state index in [1.165, 1.54) is 25.3 Å².